The summed E-state index contributed by atoms with van der Waals surface area (Å²) in [5, 5.41) is 0. The van der Waals surface area contributed by atoms with Gasteiger partial charge in [0.2, 0.25) is 0 Å². The third kappa shape index (κ3) is 3.25. The zero-order valence-corrected chi connectivity index (χ0v) is 14.1. The molecular formula is C15H21IN2O2. The highest BCUT2D eigenvalue weighted by Crippen LogP contribution is 2.31. The number of ether oxygens (including phenoxy) is 1. The Morgan fingerprint density at radius 3 is 2.75 bits per heavy atom. The predicted molar refractivity (Wildman–Crippen MR) is 88.6 cm³/mol. The number of carbonyl (C=O) groups is 1. The summed E-state index contributed by atoms with van der Waals surface area (Å²) in [5.74, 6) is 0.284. The zero-order valence-electron chi connectivity index (χ0n) is 12.0. The van der Waals surface area contributed by atoms with Crippen LogP contribution in [0, 0.1) is 0 Å². The molecule has 0 aliphatic carbocycles. The maximum absolute atomic E-state index is 11.6. The quantitative estimate of drug-likeness (QED) is 0.463. The van der Waals surface area contributed by atoms with E-state index in [1.807, 2.05) is 6.07 Å². The molecule has 1 heterocycles. The molecule has 0 saturated heterocycles. The smallest absolute Gasteiger partial charge is 0.252 e. The first kappa shape index (κ1) is 15.6. The predicted octanol–water partition coefficient (Wildman–Crippen LogP) is 2.37. The van der Waals surface area contributed by atoms with Crippen molar-refractivity contribution in [3.63, 3.8) is 0 Å². The number of amides is 1. The second-order valence-corrected chi connectivity index (χ2v) is 6.39. The summed E-state index contributed by atoms with van der Waals surface area (Å²) in [6.07, 6.45) is 1.77. The molecule has 0 radical (unpaired) electrons. The van der Waals surface area contributed by atoms with E-state index in [0.29, 0.717) is 22.0 Å². The largest absolute Gasteiger partial charge is 0.492 e. The molecule has 2 N–H and O–H groups in total. The summed E-state index contributed by atoms with van der Waals surface area (Å²) in [6, 6.07) is 4.05. The molecule has 1 aliphatic heterocycles. The first-order chi connectivity index (χ1) is 9.56. The molecule has 1 aliphatic rings. The maximum Gasteiger partial charge on any atom is 0.252 e. The lowest BCUT2D eigenvalue weighted by molar-refractivity contribution is 0.0997. The summed E-state index contributed by atoms with van der Waals surface area (Å²) in [5.41, 5.74) is 8.27. The number of likely N-dealkylation sites (N-methyl/N-ethyl adjacent to an activating group) is 1. The summed E-state index contributed by atoms with van der Waals surface area (Å²) in [4.78, 5) is 14.0. The molecule has 4 nitrogen and oxygen atoms in total. The van der Waals surface area contributed by atoms with Gasteiger partial charge in [-0.15, -0.1) is 0 Å². The number of rotatable bonds is 6. The highest BCUT2D eigenvalue weighted by atomic mass is 127. The number of primary amides is 1. The Bertz CT molecular complexity index is 501. The molecule has 1 atom stereocenters. The van der Waals surface area contributed by atoms with E-state index in [1.54, 1.807) is 0 Å². The first-order valence-electron chi connectivity index (χ1n) is 7.03. The lowest BCUT2D eigenvalue weighted by Gasteiger charge is -2.25. The number of nitrogens with zero attached hydrogens (tertiary/aromatic N) is 1. The molecule has 0 saturated carbocycles. The highest BCUT2D eigenvalue weighted by Gasteiger charge is 2.22. The molecule has 1 unspecified atom stereocenters. The molecule has 0 spiro atoms. The second-order valence-electron chi connectivity index (χ2n) is 4.95. The zero-order chi connectivity index (χ0) is 14.7. The van der Waals surface area contributed by atoms with E-state index in [9.17, 15) is 4.79 Å². The standard InChI is InChI=1S/C15H21IN2O2/c1-3-18(4-2)13(16)9-10-7-11-5-6-20-14(11)12(8-10)15(17)19/h7-8,13H,3-6,9H2,1-2H3,(H2,17,19). The molecule has 0 bridgehead atoms. The molecule has 20 heavy (non-hydrogen) atoms. The Kier molecular flexibility index (Phi) is 5.26. The van der Waals surface area contributed by atoms with Gasteiger partial charge in [-0.25, -0.2) is 0 Å². The van der Waals surface area contributed by atoms with Gasteiger partial charge in [0, 0.05) is 6.42 Å². The molecule has 110 valence electrons. The Balaban J connectivity index is 2.25. The molecule has 1 aromatic rings. The van der Waals surface area contributed by atoms with Crippen molar-refractivity contribution in [2.24, 2.45) is 5.73 Å². The van der Waals surface area contributed by atoms with Crippen LogP contribution in [-0.4, -0.2) is 34.6 Å². The van der Waals surface area contributed by atoms with E-state index in [4.69, 9.17) is 10.5 Å². The Morgan fingerprint density at radius 2 is 2.15 bits per heavy atom. The second kappa shape index (κ2) is 6.76. The summed E-state index contributed by atoms with van der Waals surface area (Å²) in [6.45, 7) is 7.03. The summed E-state index contributed by atoms with van der Waals surface area (Å²) in [7, 11) is 0. The number of hydrogen-bond donors (Lipinski definition) is 1. The molecule has 2 rings (SSSR count). The molecule has 1 aromatic carbocycles. The normalized spacial score (nSPS) is 15.0. The van der Waals surface area contributed by atoms with E-state index in [1.165, 1.54) is 0 Å². The van der Waals surface area contributed by atoms with E-state index >= 15 is 0 Å². The van der Waals surface area contributed by atoms with Crippen LogP contribution in [0.4, 0.5) is 0 Å². The van der Waals surface area contributed by atoms with Crippen LogP contribution in [0.3, 0.4) is 0 Å². The Morgan fingerprint density at radius 1 is 1.45 bits per heavy atom. The van der Waals surface area contributed by atoms with Crippen molar-refractivity contribution in [3.8, 4) is 5.75 Å². The van der Waals surface area contributed by atoms with Gasteiger partial charge in [0.15, 0.2) is 0 Å². The number of carbonyl (C=O) groups excluding carboxylic acids is 1. The number of fused-ring (bicyclic) bond motifs is 1. The number of nitrogens with two attached hydrogens (primary N) is 1. The van der Waals surface area contributed by atoms with Crippen LogP contribution < -0.4 is 10.5 Å². The van der Waals surface area contributed by atoms with Gasteiger partial charge < -0.3 is 10.5 Å². The topological polar surface area (TPSA) is 55.6 Å². The fourth-order valence-electron chi connectivity index (χ4n) is 2.62. The van der Waals surface area contributed by atoms with Gasteiger partial charge in [-0.2, -0.15) is 0 Å². The van der Waals surface area contributed by atoms with Gasteiger partial charge in [-0.3, -0.25) is 9.69 Å². The van der Waals surface area contributed by atoms with Crippen molar-refractivity contribution >= 4 is 28.5 Å². The fourth-order valence-corrected chi connectivity index (χ4v) is 3.91. The first-order valence-corrected chi connectivity index (χ1v) is 8.27. The average Bonchev–Trinajstić information content (AvgIpc) is 2.87. The van der Waals surface area contributed by atoms with Crippen molar-refractivity contribution in [3.05, 3.63) is 28.8 Å². The van der Waals surface area contributed by atoms with Crippen LogP contribution in [-0.2, 0) is 12.8 Å². The number of benzene rings is 1. The van der Waals surface area contributed by atoms with Crippen LogP contribution in [0.1, 0.15) is 35.3 Å². The van der Waals surface area contributed by atoms with Gasteiger partial charge in [0.25, 0.3) is 5.91 Å². The lowest BCUT2D eigenvalue weighted by atomic mass is 10.0. The van der Waals surface area contributed by atoms with Crippen LogP contribution in [0.2, 0.25) is 0 Å². The minimum Gasteiger partial charge on any atom is -0.492 e. The van der Waals surface area contributed by atoms with Crippen LogP contribution >= 0.6 is 22.6 Å². The monoisotopic (exact) mass is 388 g/mol. The van der Waals surface area contributed by atoms with Crippen molar-refractivity contribution in [1.82, 2.24) is 4.90 Å². The third-order valence-corrected chi connectivity index (χ3v) is 4.95. The lowest BCUT2D eigenvalue weighted by Crippen LogP contribution is -2.32. The van der Waals surface area contributed by atoms with Crippen molar-refractivity contribution in [1.29, 1.82) is 0 Å². The third-order valence-electron chi connectivity index (χ3n) is 3.72. The molecule has 0 fully saturated rings. The fraction of sp³-hybridized carbons (Fsp3) is 0.533. The number of hydrogen-bond acceptors (Lipinski definition) is 3. The van der Waals surface area contributed by atoms with Crippen molar-refractivity contribution in [2.75, 3.05) is 19.7 Å². The molecule has 0 aromatic heterocycles. The van der Waals surface area contributed by atoms with Crippen LogP contribution in [0.5, 0.6) is 5.75 Å². The summed E-state index contributed by atoms with van der Waals surface area (Å²) >= 11 is 2.46. The van der Waals surface area contributed by atoms with Crippen molar-refractivity contribution in [2.45, 2.75) is 30.7 Å². The highest BCUT2D eigenvalue weighted by molar-refractivity contribution is 14.1. The Hall–Kier alpha value is -0.820. The SMILES string of the molecule is CCN(CC)C(I)Cc1cc2c(c(C(N)=O)c1)OCC2. The van der Waals surface area contributed by atoms with Gasteiger partial charge in [0.05, 0.1) is 16.2 Å². The van der Waals surface area contributed by atoms with E-state index < -0.39 is 5.91 Å². The number of alkyl halides is 1. The van der Waals surface area contributed by atoms with Gasteiger partial charge in [-0.05, 0) is 36.7 Å². The average molecular weight is 388 g/mol. The van der Waals surface area contributed by atoms with Gasteiger partial charge in [0.1, 0.15) is 5.75 Å². The van der Waals surface area contributed by atoms with Crippen LogP contribution in [0.25, 0.3) is 0 Å². The van der Waals surface area contributed by atoms with E-state index in [-0.39, 0.29) is 0 Å². The maximum atomic E-state index is 11.6. The van der Waals surface area contributed by atoms with Gasteiger partial charge in [-0.1, -0.05) is 42.5 Å². The van der Waals surface area contributed by atoms with Gasteiger partial charge >= 0.3 is 0 Å². The number of halogens is 1. The minimum absolute atomic E-state index is 0.405. The molecular weight excluding hydrogens is 367 g/mol. The molecule has 1 amide bonds. The van der Waals surface area contributed by atoms with Crippen LogP contribution in [0.15, 0.2) is 12.1 Å². The Labute approximate surface area is 133 Å². The summed E-state index contributed by atoms with van der Waals surface area (Å²) < 4.78 is 5.95. The molecule has 5 heteroatoms. The minimum atomic E-state index is -0.405. The van der Waals surface area contributed by atoms with Crippen molar-refractivity contribution < 1.29 is 9.53 Å². The van der Waals surface area contributed by atoms with E-state index in [0.717, 1.165) is 37.1 Å². The van der Waals surface area contributed by atoms with E-state index in [2.05, 4.69) is 47.4 Å².